The van der Waals surface area contributed by atoms with Crippen LogP contribution in [0.15, 0.2) is 28.8 Å². The number of carboxylic acids is 1. The van der Waals surface area contributed by atoms with Crippen LogP contribution >= 0.6 is 11.6 Å². The van der Waals surface area contributed by atoms with E-state index in [1.807, 2.05) is 26.0 Å². The van der Waals surface area contributed by atoms with Gasteiger partial charge in [-0.05, 0) is 32.0 Å². The number of halogens is 1. The minimum Gasteiger partial charge on any atom is -0.478 e. The number of hydrogen-bond acceptors (Lipinski definition) is 4. The molecule has 19 heavy (non-hydrogen) atoms. The Hall–Kier alpha value is -2.01. The van der Waals surface area contributed by atoms with Gasteiger partial charge in [0.25, 0.3) is 0 Å². The molecule has 100 valence electrons. The molecular formula is C13H13ClN2O3. The Morgan fingerprint density at radius 1 is 1.53 bits per heavy atom. The number of nitrogens with one attached hydrogen (secondary N) is 1. The van der Waals surface area contributed by atoms with Gasteiger partial charge in [0.15, 0.2) is 0 Å². The molecule has 0 aromatic carbocycles. The van der Waals surface area contributed by atoms with E-state index >= 15 is 0 Å². The number of hydrogen-bond donors (Lipinski definition) is 2. The van der Waals surface area contributed by atoms with Gasteiger partial charge in [0.05, 0.1) is 16.6 Å². The van der Waals surface area contributed by atoms with Gasteiger partial charge < -0.3 is 14.8 Å². The predicted molar refractivity (Wildman–Crippen MR) is 71.7 cm³/mol. The molecule has 0 aliphatic rings. The molecule has 0 saturated heterocycles. The van der Waals surface area contributed by atoms with Gasteiger partial charge in [0.1, 0.15) is 17.3 Å². The van der Waals surface area contributed by atoms with E-state index in [1.165, 1.54) is 12.3 Å². The summed E-state index contributed by atoms with van der Waals surface area (Å²) >= 11 is 5.99. The molecule has 0 spiro atoms. The molecule has 0 fully saturated rings. The van der Waals surface area contributed by atoms with Crippen molar-refractivity contribution in [3.05, 3.63) is 46.5 Å². The maximum atomic E-state index is 10.8. The second kappa shape index (κ2) is 5.32. The molecule has 6 heteroatoms. The monoisotopic (exact) mass is 280 g/mol. The predicted octanol–water partition coefficient (Wildman–Crippen LogP) is 3.51. The van der Waals surface area contributed by atoms with Crippen molar-refractivity contribution in [2.45, 2.75) is 19.9 Å². The van der Waals surface area contributed by atoms with Crippen LogP contribution in [0.1, 0.15) is 34.8 Å². The van der Waals surface area contributed by atoms with E-state index in [9.17, 15) is 4.79 Å². The van der Waals surface area contributed by atoms with E-state index in [2.05, 4.69) is 10.3 Å². The first-order valence-electron chi connectivity index (χ1n) is 5.69. The van der Waals surface area contributed by atoms with Gasteiger partial charge in [-0.15, -0.1) is 0 Å². The van der Waals surface area contributed by atoms with E-state index in [-0.39, 0.29) is 16.6 Å². The molecule has 0 amide bonds. The van der Waals surface area contributed by atoms with Crippen molar-refractivity contribution in [2.24, 2.45) is 0 Å². The summed E-state index contributed by atoms with van der Waals surface area (Å²) in [5.74, 6) is 0.950. The van der Waals surface area contributed by atoms with Crippen molar-refractivity contribution in [2.75, 3.05) is 5.32 Å². The number of nitrogens with zero attached hydrogens (tertiary/aromatic N) is 1. The van der Waals surface area contributed by atoms with Gasteiger partial charge in [-0.25, -0.2) is 9.78 Å². The molecule has 2 rings (SSSR count). The lowest BCUT2D eigenvalue weighted by atomic mass is 10.2. The van der Waals surface area contributed by atoms with Gasteiger partial charge in [0.2, 0.25) is 0 Å². The third-order valence-corrected chi connectivity index (χ3v) is 2.92. The highest BCUT2D eigenvalue weighted by Gasteiger charge is 2.13. The van der Waals surface area contributed by atoms with Crippen molar-refractivity contribution in [3.8, 4) is 0 Å². The zero-order valence-electron chi connectivity index (χ0n) is 10.5. The third kappa shape index (κ3) is 3.06. The Morgan fingerprint density at radius 3 is 2.79 bits per heavy atom. The fourth-order valence-electron chi connectivity index (χ4n) is 1.62. The summed E-state index contributed by atoms with van der Waals surface area (Å²) in [4.78, 5) is 14.8. The molecule has 1 unspecified atom stereocenters. The minimum atomic E-state index is -1.06. The Morgan fingerprint density at radius 2 is 2.26 bits per heavy atom. The standard InChI is InChI=1S/C13H13ClN2O3/c1-7-3-4-11(19-7)8(2)16-12-10(14)5-9(6-15-12)13(17)18/h3-6,8H,1-2H3,(H,15,16)(H,17,18). The van der Waals surface area contributed by atoms with Crippen molar-refractivity contribution in [1.29, 1.82) is 0 Å². The van der Waals surface area contributed by atoms with E-state index < -0.39 is 5.97 Å². The summed E-state index contributed by atoms with van der Waals surface area (Å²) in [6.45, 7) is 3.77. The smallest absolute Gasteiger partial charge is 0.337 e. The lowest BCUT2D eigenvalue weighted by Crippen LogP contribution is -2.08. The van der Waals surface area contributed by atoms with Crippen LogP contribution in [0, 0.1) is 6.92 Å². The Balaban J connectivity index is 2.17. The van der Waals surface area contributed by atoms with Gasteiger partial charge in [-0.1, -0.05) is 11.6 Å². The minimum absolute atomic E-state index is 0.0528. The van der Waals surface area contributed by atoms with E-state index in [0.717, 1.165) is 11.5 Å². The zero-order valence-corrected chi connectivity index (χ0v) is 11.2. The van der Waals surface area contributed by atoms with Gasteiger partial charge in [-0.3, -0.25) is 0 Å². The third-order valence-electron chi connectivity index (χ3n) is 2.63. The lowest BCUT2D eigenvalue weighted by Gasteiger charge is -2.13. The van der Waals surface area contributed by atoms with Crippen molar-refractivity contribution >= 4 is 23.4 Å². The fraction of sp³-hybridized carbons (Fsp3) is 0.231. The second-order valence-corrected chi connectivity index (χ2v) is 4.58. The van der Waals surface area contributed by atoms with Crippen molar-refractivity contribution in [1.82, 2.24) is 4.98 Å². The molecule has 2 N–H and O–H groups in total. The topological polar surface area (TPSA) is 75.4 Å². The molecule has 5 nitrogen and oxygen atoms in total. The zero-order chi connectivity index (χ0) is 14.0. The van der Waals surface area contributed by atoms with Crippen LogP contribution in [0.2, 0.25) is 5.02 Å². The molecule has 0 aliphatic heterocycles. The Kier molecular flexibility index (Phi) is 3.76. The number of anilines is 1. The van der Waals surface area contributed by atoms with Crippen LogP contribution in [0.25, 0.3) is 0 Å². The van der Waals surface area contributed by atoms with Crippen LogP contribution in [-0.4, -0.2) is 16.1 Å². The summed E-state index contributed by atoms with van der Waals surface area (Å²) in [7, 11) is 0. The highest BCUT2D eigenvalue weighted by molar-refractivity contribution is 6.33. The molecule has 2 aromatic rings. The lowest BCUT2D eigenvalue weighted by molar-refractivity contribution is 0.0696. The van der Waals surface area contributed by atoms with Crippen molar-refractivity contribution in [3.63, 3.8) is 0 Å². The first-order valence-corrected chi connectivity index (χ1v) is 6.07. The molecule has 0 radical (unpaired) electrons. The number of aromatic carboxylic acids is 1. The number of aromatic nitrogens is 1. The first kappa shape index (κ1) is 13.4. The van der Waals surface area contributed by atoms with Gasteiger partial charge in [-0.2, -0.15) is 0 Å². The molecule has 2 aromatic heterocycles. The summed E-state index contributed by atoms with van der Waals surface area (Å²) in [6, 6.07) is 4.98. The highest BCUT2D eigenvalue weighted by atomic mass is 35.5. The summed E-state index contributed by atoms with van der Waals surface area (Å²) in [5.41, 5.74) is 0.0528. The summed E-state index contributed by atoms with van der Waals surface area (Å²) < 4.78 is 5.49. The van der Waals surface area contributed by atoms with Gasteiger partial charge in [0, 0.05) is 6.20 Å². The average Bonchev–Trinajstić information content (AvgIpc) is 2.78. The number of pyridine rings is 1. The number of rotatable bonds is 4. The van der Waals surface area contributed by atoms with Crippen LogP contribution in [0.3, 0.4) is 0 Å². The number of carboxylic acid groups (broad SMARTS) is 1. The van der Waals surface area contributed by atoms with Crippen LogP contribution in [-0.2, 0) is 0 Å². The number of carbonyl (C=O) groups is 1. The quantitative estimate of drug-likeness (QED) is 0.896. The maximum Gasteiger partial charge on any atom is 0.337 e. The molecule has 0 aliphatic carbocycles. The second-order valence-electron chi connectivity index (χ2n) is 4.17. The van der Waals surface area contributed by atoms with Crippen molar-refractivity contribution < 1.29 is 14.3 Å². The van der Waals surface area contributed by atoms with Gasteiger partial charge >= 0.3 is 5.97 Å². The van der Waals surface area contributed by atoms with Crippen LogP contribution in [0.4, 0.5) is 5.82 Å². The Labute approximate surface area is 115 Å². The molecular weight excluding hydrogens is 268 g/mol. The number of furan rings is 1. The number of aryl methyl sites for hydroxylation is 1. The van der Waals surface area contributed by atoms with Crippen LogP contribution < -0.4 is 5.32 Å². The summed E-state index contributed by atoms with van der Waals surface area (Å²) in [6.07, 6.45) is 1.26. The Bertz CT molecular complexity index is 610. The largest absolute Gasteiger partial charge is 0.478 e. The SMILES string of the molecule is Cc1ccc(C(C)Nc2ncc(C(=O)O)cc2Cl)o1. The normalized spacial score (nSPS) is 12.2. The molecule has 0 saturated carbocycles. The molecule has 1 atom stereocenters. The van der Waals surface area contributed by atoms with E-state index in [1.54, 1.807) is 0 Å². The fourth-order valence-corrected chi connectivity index (χ4v) is 1.84. The van der Waals surface area contributed by atoms with E-state index in [4.69, 9.17) is 21.1 Å². The molecule has 2 heterocycles. The molecule has 0 bridgehead atoms. The first-order chi connectivity index (χ1) is 8.97. The highest BCUT2D eigenvalue weighted by Crippen LogP contribution is 2.25. The summed E-state index contributed by atoms with van der Waals surface area (Å²) in [5, 5.41) is 12.2. The maximum absolute atomic E-state index is 10.8. The average molecular weight is 281 g/mol. The van der Waals surface area contributed by atoms with E-state index in [0.29, 0.717) is 5.82 Å². The van der Waals surface area contributed by atoms with Crippen LogP contribution in [0.5, 0.6) is 0 Å².